The molecular weight excluding hydrogens is 359 g/mol. The normalized spacial score (nSPS) is 12.2. The van der Waals surface area contributed by atoms with E-state index in [0.717, 1.165) is 42.0 Å². The largest absolute Gasteiger partial charge is 0.348 e. The van der Waals surface area contributed by atoms with Gasteiger partial charge in [0.25, 0.3) is 0 Å². The molecule has 0 N–H and O–H groups in total. The maximum absolute atomic E-state index is 4.61. The van der Waals surface area contributed by atoms with Crippen molar-refractivity contribution in [2.75, 3.05) is 0 Å². The number of fused-ring (bicyclic) bond motifs is 3. The minimum atomic E-state index is 0. The summed E-state index contributed by atoms with van der Waals surface area (Å²) in [7, 11) is 0. The number of hydrogen-bond acceptors (Lipinski definition) is 2. The zero-order valence-corrected chi connectivity index (χ0v) is 15.2. The number of aryl methyl sites for hydroxylation is 2. The van der Waals surface area contributed by atoms with Gasteiger partial charge in [-0.15, -0.1) is 0 Å². The van der Waals surface area contributed by atoms with Crippen LogP contribution >= 0.6 is 0 Å². The van der Waals surface area contributed by atoms with E-state index in [-0.39, 0.29) is 40.1 Å². The van der Waals surface area contributed by atoms with Crippen molar-refractivity contribution in [2.24, 2.45) is 0 Å². The quantitative estimate of drug-likeness (QED) is 0.592. The molecule has 1 aromatic carbocycles. The molecule has 4 rings (SSSR count). The molecule has 3 aromatic rings. The van der Waals surface area contributed by atoms with Crippen LogP contribution in [-0.2, 0) is 45.6 Å². The van der Waals surface area contributed by atoms with Crippen LogP contribution in [0.2, 0.25) is 0 Å². The summed E-state index contributed by atoms with van der Waals surface area (Å²) < 4.78 is 2.12. The second kappa shape index (κ2) is 7.42. The van der Waals surface area contributed by atoms with Crippen molar-refractivity contribution in [3.63, 3.8) is 0 Å². The number of aromatic nitrogens is 3. The number of rotatable bonds is 1. The third-order valence-electron chi connectivity index (χ3n) is 4.01. The average Bonchev–Trinajstić information content (AvgIpc) is 2.96. The molecule has 0 spiro atoms. The van der Waals surface area contributed by atoms with Gasteiger partial charge in [0, 0.05) is 56.4 Å². The van der Waals surface area contributed by atoms with E-state index in [4.69, 9.17) is 0 Å². The van der Waals surface area contributed by atoms with E-state index in [1.54, 1.807) is 6.20 Å². The second-order valence-electron chi connectivity index (χ2n) is 5.44. The van der Waals surface area contributed by atoms with Gasteiger partial charge in [0.05, 0.1) is 11.4 Å². The first-order chi connectivity index (χ1) is 10.3. The first-order valence-corrected chi connectivity index (χ1v) is 7.26. The van der Waals surface area contributed by atoms with Gasteiger partial charge in [-0.3, -0.25) is 4.98 Å². The van der Waals surface area contributed by atoms with Gasteiger partial charge in [-0.1, -0.05) is 25.4 Å². The van der Waals surface area contributed by atoms with Crippen LogP contribution in [0.5, 0.6) is 0 Å². The zero-order chi connectivity index (χ0) is 14.2. The third-order valence-corrected chi connectivity index (χ3v) is 4.01. The fourth-order valence-electron chi connectivity index (χ4n) is 2.98. The first-order valence-electron chi connectivity index (χ1n) is 7.26. The summed E-state index contributed by atoms with van der Waals surface area (Å²) in [5.41, 5.74) is 6.57. The molecule has 0 saturated heterocycles. The maximum Gasteiger partial charge on any atom is 0.0714 e. The van der Waals surface area contributed by atoms with E-state index < -0.39 is 0 Å². The minimum absolute atomic E-state index is 0. The number of hydrogen-bond donors (Lipinski definition) is 0. The minimum Gasteiger partial charge on any atom is -0.348 e. The molecule has 0 atom stereocenters. The fourth-order valence-corrected chi connectivity index (χ4v) is 2.98. The Kier molecular flexibility index (Phi) is 5.77. The van der Waals surface area contributed by atoms with Crippen LogP contribution in [0.1, 0.15) is 30.8 Å². The number of benzene rings is 1. The van der Waals surface area contributed by atoms with Gasteiger partial charge in [-0.25, -0.2) is 6.92 Å². The molecule has 3 nitrogen and oxygen atoms in total. The van der Waals surface area contributed by atoms with E-state index in [9.17, 15) is 0 Å². The fraction of sp³-hybridized carbons (Fsp3) is 0.211. The van der Waals surface area contributed by atoms with Gasteiger partial charge in [-0.2, -0.15) is 0 Å². The van der Waals surface area contributed by atoms with Gasteiger partial charge < -0.3 is 9.55 Å². The van der Waals surface area contributed by atoms with E-state index >= 15 is 0 Å². The summed E-state index contributed by atoms with van der Waals surface area (Å²) in [6.45, 7) is 3.90. The molecule has 23 heavy (non-hydrogen) atoms. The topological polar surface area (TPSA) is 30.7 Å². The Labute approximate surface area is 163 Å². The molecule has 115 valence electrons. The van der Waals surface area contributed by atoms with Crippen LogP contribution in [0, 0.1) is 6.92 Å². The molecule has 0 amide bonds. The van der Waals surface area contributed by atoms with E-state index in [1.807, 2.05) is 12.1 Å². The molecule has 2 heterocycles. The molecule has 0 aliphatic heterocycles. The summed E-state index contributed by atoms with van der Waals surface area (Å²) >= 11 is 0. The van der Waals surface area contributed by atoms with Crippen molar-refractivity contribution < 1.29 is 32.7 Å². The Morgan fingerprint density at radius 3 is 2.65 bits per heavy atom. The van der Waals surface area contributed by atoms with Crippen LogP contribution in [-0.4, -0.2) is 14.5 Å². The monoisotopic (exact) mass is 379 g/mol. The van der Waals surface area contributed by atoms with Crippen molar-refractivity contribution >= 4 is 0 Å². The standard InChI is InChI=1S/C18H16N3.CH4.Y/c1-13-12-19-18-16-11-15(21-9-2-3-10-21)8-7-14(16)5-4-6-17(18)20-13;;/h2-3,7-12H,1,4-6H2;1H4;/q-1;;. The predicted octanol–water partition coefficient (Wildman–Crippen LogP) is 4.24. The van der Waals surface area contributed by atoms with E-state index in [0.29, 0.717) is 0 Å². The van der Waals surface area contributed by atoms with Crippen LogP contribution in [0.15, 0.2) is 48.9 Å². The van der Waals surface area contributed by atoms with Crippen LogP contribution in [0.25, 0.3) is 16.9 Å². The average molecular weight is 379 g/mol. The molecule has 1 aliphatic carbocycles. The molecule has 2 aromatic heterocycles. The Hall–Kier alpha value is -1.45. The van der Waals surface area contributed by atoms with Crippen molar-refractivity contribution in [2.45, 2.75) is 26.7 Å². The molecule has 0 unspecified atom stereocenters. The molecule has 1 aliphatic rings. The van der Waals surface area contributed by atoms with Crippen LogP contribution in [0.4, 0.5) is 0 Å². The van der Waals surface area contributed by atoms with E-state index in [1.165, 1.54) is 11.1 Å². The Morgan fingerprint density at radius 1 is 1.09 bits per heavy atom. The summed E-state index contributed by atoms with van der Waals surface area (Å²) in [6.07, 6.45) is 9.04. The number of nitrogens with zero attached hydrogens (tertiary/aromatic N) is 3. The molecule has 0 saturated carbocycles. The van der Waals surface area contributed by atoms with E-state index in [2.05, 4.69) is 52.1 Å². The van der Waals surface area contributed by atoms with Gasteiger partial charge in [0.2, 0.25) is 0 Å². The SMILES string of the molecule is C.[CH2-]c1cnc2c(n1)CCCc1ccc(-n3cccc3)cc1-2.[Y]. The van der Waals surface area contributed by atoms with Crippen molar-refractivity contribution in [1.82, 2.24) is 14.5 Å². The van der Waals surface area contributed by atoms with Crippen LogP contribution in [0.3, 0.4) is 0 Å². The molecule has 0 fully saturated rings. The first kappa shape index (κ1) is 17.9. The summed E-state index contributed by atoms with van der Waals surface area (Å²) in [5.74, 6) is 0. The van der Waals surface area contributed by atoms with Crippen LogP contribution < -0.4 is 0 Å². The second-order valence-corrected chi connectivity index (χ2v) is 5.44. The van der Waals surface area contributed by atoms with Gasteiger partial charge in [0.15, 0.2) is 0 Å². The molecule has 0 bridgehead atoms. The smallest absolute Gasteiger partial charge is 0.0714 e. The third kappa shape index (κ3) is 3.41. The van der Waals surface area contributed by atoms with Crippen molar-refractivity contribution in [3.05, 3.63) is 72.8 Å². The molecule has 4 heteroatoms. The van der Waals surface area contributed by atoms with Gasteiger partial charge in [0.1, 0.15) is 0 Å². The van der Waals surface area contributed by atoms with Crippen molar-refractivity contribution in [3.8, 4) is 16.9 Å². The Balaban J connectivity index is 0.000000960. The summed E-state index contributed by atoms with van der Waals surface area (Å²) in [6, 6.07) is 10.7. The predicted molar refractivity (Wildman–Crippen MR) is 90.0 cm³/mol. The van der Waals surface area contributed by atoms with Crippen molar-refractivity contribution in [1.29, 1.82) is 0 Å². The van der Waals surface area contributed by atoms with Gasteiger partial charge in [-0.05, 0) is 49.1 Å². The van der Waals surface area contributed by atoms with Gasteiger partial charge >= 0.3 is 0 Å². The summed E-state index contributed by atoms with van der Waals surface area (Å²) in [4.78, 5) is 9.19. The summed E-state index contributed by atoms with van der Waals surface area (Å²) in [5, 5.41) is 0. The molecule has 1 radical (unpaired) electrons. The zero-order valence-electron chi connectivity index (χ0n) is 12.4. The molecular formula is C19H20N3Y-. The Morgan fingerprint density at radius 2 is 1.87 bits per heavy atom. The maximum atomic E-state index is 4.61. The Bertz CT molecular complexity index is 794.